The molecule has 0 bridgehead atoms. The van der Waals surface area contributed by atoms with Gasteiger partial charge in [0, 0.05) is 12.4 Å². The Morgan fingerprint density at radius 3 is 2.66 bits per heavy atom. The zero-order chi connectivity index (χ0) is 20.1. The molecule has 4 heterocycles. The molecule has 0 unspecified atom stereocenters. The molecular formula is C23H24N4O2. The first kappa shape index (κ1) is 18.1. The van der Waals surface area contributed by atoms with Gasteiger partial charge in [0.05, 0.1) is 16.8 Å². The van der Waals surface area contributed by atoms with E-state index in [1.165, 1.54) is 5.56 Å². The highest BCUT2D eigenvalue weighted by Gasteiger charge is 2.19. The van der Waals surface area contributed by atoms with E-state index in [2.05, 4.69) is 28.0 Å². The maximum absolute atomic E-state index is 12.8. The van der Waals surface area contributed by atoms with Crippen molar-refractivity contribution in [3.8, 4) is 11.5 Å². The van der Waals surface area contributed by atoms with Crippen LogP contribution in [0.4, 0.5) is 0 Å². The highest BCUT2D eigenvalue weighted by Crippen LogP contribution is 2.30. The number of hydrogen-bond donors (Lipinski definition) is 0. The summed E-state index contributed by atoms with van der Waals surface area (Å²) in [6.07, 6.45) is 6.05. The van der Waals surface area contributed by atoms with Crippen LogP contribution in [0, 0.1) is 13.8 Å². The van der Waals surface area contributed by atoms with Crippen LogP contribution in [0.15, 0.2) is 45.9 Å². The highest BCUT2D eigenvalue weighted by atomic mass is 16.4. The first-order valence-corrected chi connectivity index (χ1v) is 10.1. The lowest BCUT2D eigenvalue weighted by atomic mass is 9.88. The topological polar surface area (TPSA) is 63.6 Å². The predicted octanol–water partition coefficient (Wildman–Crippen LogP) is 3.93. The number of likely N-dealkylation sites (tertiary alicyclic amines) is 1. The molecule has 0 spiro atoms. The largest absolute Gasteiger partial charge is 0.421 e. The molecule has 3 aromatic heterocycles. The van der Waals surface area contributed by atoms with E-state index in [9.17, 15) is 4.79 Å². The van der Waals surface area contributed by atoms with Crippen molar-refractivity contribution >= 4 is 16.4 Å². The molecule has 0 aliphatic carbocycles. The Bertz CT molecular complexity index is 1280. The molecule has 4 aromatic rings. The summed E-state index contributed by atoms with van der Waals surface area (Å²) < 4.78 is 7.61. The van der Waals surface area contributed by atoms with Crippen LogP contribution in [0.25, 0.3) is 27.9 Å². The van der Waals surface area contributed by atoms with Gasteiger partial charge >= 0.3 is 5.63 Å². The fourth-order valence-corrected chi connectivity index (χ4v) is 4.35. The molecule has 6 heteroatoms. The van der Waals surface area contributed by atoms with Crippen molar-refractivity contribution in [2.45, 2.75) is 32.6 Å². The third-order valence-corrected chi connectivity index (χ3v) is 5.95. The van der Waals surface area contributed by atoms with Crippen LogP contribution in [0.3, 0.4) is 0 Å². The summed E-state index contributed by atoms with van der Waals surface area (Å²) in [5, 5.41) is 1.53. The van der Waals surface area contributed by atoms with Gasteiger partial charge in [-0.05, 0) is 75.8 Å². The predicted molar refractivity (Wildman–Crippen MR) is 113 cm³/mol. The Morgan fingerprint density at radius 2 is 1.86 bits per heavy atom. The molecule has 1 saturated heterocycles. The summed E-state index contributed by atoms with van der Waals surface area (Å²) in [7, 11) is 2.16. The fraction of sp³-hybridized carbons (Fsp3) is 0.348. The number of imidazole rings is 1. The molecule has 5 rings (SSSR count). The van der Waals surface area contributed by atoms with Crippen LogP contribution >= 0.6 is 0 Å². The molecule has 0 amide bonds. The zero-order valence-corrected chi connectivity index (χ0v) is 17.0. The average Bonchev–Trinajstić information content (AvgIpc) is 3.13. The summed E-state index contributed by atoms with van der Waals surface area (Å²) in [4.78, 5) is 24.2. The van der Waals surface area contributed by atoms with Crippen molar-refractivity contribution in [3.63, 3.8) is 0 Å². The summed E-state index contributed by atoms with van der Waals surface area (Å²) in [5.41, 5.74) is 4.10. The van der Waals surface area contributed by atoms with E-state index in [4.69, 9.17) is 4.42 Å². The summed E-state index contributed by atoms with van der Waals surface area (Å²) in [6.45, 7) is 6.07. The Morgan fingerprint density at radius 1 is 1.07 bits per heavy atom. The number of fused-ring (bicyclic) bond motifs is 2. The second-order valence-corrected chi connectivity index (χ2v) is 8.15. The van der Waals surface area contributed by atoms with Crippen molar-refractivity contribution in [3.05, 3.63) is 64.0 Å². The first-order chi connectivity index (χ1) is 14.0. The van der Waals surface area contributed by atoms with Gasteiger partial charge in [0.25, 0.3) is 0 Å². The molecule has 0 N–H and O–H groups in total. The lowest BCUT2D eigenvalue weighted by Crippen LogP contribution is -2.29. The van der Waals surface area contributed by atoms with Crippen LogP contribution in [0.5, 0.6) is 0 Å². The minimum Gasteiger partial charge on any atom is -0.421 e. The first-order valence-electron chi connectivity index (χ1n) is 10.1. The molecule has 6 nitrogen and oxygen atoms in total. The number of aromatic nitrogens is 3. The van der Waals surface area contributed by atoms with Gasteiger partial charge in [0.1, 0.15) is 5.69 Å². The smallest absolute Gasteiger partial charge is 0.344 e. The van der Waals surface area contributed by atoms with Gasteiger partial charge in [-0.25, -0.2) is 9.78 Å². The molecule has 0 saturated carbocycles. The van der Waals surface area contributed by atoms with Crippen molar-refractivity contribution in [1.29, 1.82) is 0 Å². The van der Waals surface area contributed by atoms with Gasteiger partial charge in [0.15, 0.2) is 11.4 Å². The summed E-state index contributed by atoms with van der Waals surface area (Å²) >= 11 is 0. The highest BCUT2D eigenvalue weighted by molar-refractivity contribution is 5.84. The summed E-state index contributed by atoms with van der Waals surface area (Å²) in [6, 6.07) is 8.12. The van der Waals surface area contributed by atoms with Gasteiger partial charge in [-0.1, -0.05) is 12.1 Å². The average molecular weight is 388 g/mol. The van der Waals surface area contributed by atoms with Gasteiger partial charge in [0.2, 0.25) is 0 Å². The number of piperidine rings is 1. The Hall–Kier alpha value is -2.99. The number of rotatable bonds is 2. The lowest BCUT2D eigenvalue weighted by Gasteiger charge is -2.29. The maximum atomic E-state index is 12.8. The van der Waals surface area contributed by atoms with E-state index in [1.54, 1.807) is 0 Å². The minimum absolute atomic E-state index is 0.310. The van der Waals surface area contributed by atoms with Crippen molar-refractivity contribution in [2.24, 2.45) is 0 Å². The Kier molecular flexibility index (Phi) is 4.24. The monoisotopic (exact) mass is 388 g/mol. The van der Waals surface area contributed by atoms with Crippen LogP contribution in [-0.4, -0.2) is 39.4 Å². The van der Waals surface area contributed by atoms with E-state index in [0.29, 0.717) is 22.8 Å². The molecule has 0 atom stereocenters. The van der Waals surface area contributed by atoms with Crippen molar-refractivity contribution < 1.29 is 4.42 Å². The van der Waals surface area contributed by atoms with Crippen LogP contribution in [0.2, 0.25) is 0 Å². The van der Waals surface area contributed by atoms with Gasteiger partial charge in [-0.3, -0.25) is 4.98 Å². The van der Waals surface area contributed by atoms with E-state index < -0.39 is 0 Å². The molecule has 1 aliphatic heterocycles. The summed E-state index contributed by atoms with van der Waals surface area (Å²) in [5.74, 6) is 0.988. The SMILES string of the molecule is Cc1cn2cc(-c3cc4ccc(C5CCN(C)CC5)cc4c(=O)o3)nc2c(C)n1. The fourth-order valence-electron chi connectivity index (χ4n) is 4.35. The van der Waals surface area contributed by atoms with Gasteiger partial charge < -0.3 is 13.7 Å². The Labute approximate surface area is 168 Å². The molecular weight excluding hydrogens is 364 g/mol. The number of nitrogens with zero attached hydrogens (tertiary/aromatic N) is 4. The molecule has 0 radical (unpaired) electrons. The molecule has 1 aliphatic rings. The third-order valence-electron chi connectivity index (χ3n) is 5.95. The lowest BCUT2D eigenvalue weighted by molar-refractivity contribution is 0.255. The van der Waals surface area contributed by atoms with Crippen LogP contribution in [0.1, 0.15) is 35.7 Å². The molecule has 29 heavy (non-hydrogen) atoms. The van der Waals surface area contributed by atoms with E-state index >= 15 is 0 Å². The normalized spacial score (nSPS) is 16.1. The standard InChI is InChI=1S/C23H24N4O2/c1-14-12-27-13-20(25-22(27)15(2)24-14)21-11-18-5-4-17(10-19(18)23(28)29-21)16-6-8-26(3)9-7-16/h4-5,10-13,16H,6-9H2,1-3H3. The van der Waals surface area contributed by atoms with Crippen LogP contribution < -0.4 is 5.63 Å². The van der Waals surface area contributed by atoms with Crippen LogP contribution in [-0.2, 0) is 0 Å². The molecule has 1 aromatic carbocycles. The number of aryl methyl sites for hydroxylation is 2. The third kappa shape index (κ3) is 3.23. The molecule has 148 valence electrons. The molecule has 1 fully saturated rings. The van der Waals surface area contributed by atoms with Gasteiger partial charge in [-0.15, -0.1) is 0 Å². The maximum Gasteiger partial charge on any atom is 0.344 e. The minimum atomic E-state index is -0.310. The number of benzene rings is 1. The second kappa shape index (κ2) is 6.81. The van der Waals surface area contributed by atoms with E-state index in [-0.39, 0.29) is 5.63 Å². The van der Waals surface area contributed by atoms with E-state index in [1.807, 2.05) is 48.8 Å². The quantitative estimate of drug-likeness (QED) is 0.521. The van der Waals surface area contributed by atoms with Crippen molar-refractivity contribution in [1.82, 2.24) is 19.3 Å². The number of hydrogen-bond acceptors (Lipinski definition) is 5. The zero-order valence-electron chi connectivity index (χ0n) is 17.0. The Balaban J connectivity index is 1.56. The second-order valence-electron chi connectivity index (χ2n) is 8.15. The van der Waals surface area contributed by atoms with Gasteiger partial charge in [-0.2, -0.15) is 0 Å². The van der Waals surface area contributed by atoms with E-state index in [0.717, 1.165) is 48.4 Å². The van der Waals surface area contributed by atoms with Crippen molar-refractivity contribution in [2.75, 3.05) is 20.1 Å².